The van der Waals surface area contributed by atoms with Crippen LogP contribution in [0.15, 0.2) is 18.2 Å². The average Bonchev–Trinajstić information content (AvgIpc) is 3.42. The lowest BCUT2D eigenvalue weighted by molar-refractivity contribution is -0.384. The van der Waals surface area contributed by atoms with Crippen LogP contribution in [-0.2, 0) is 0 Å². The molecule has 7 heteroatoms. The van der Waals surface area contributed by atoms with Crippen molar-refractivity contribution < 1.29 is 9.72 Å². The van der Waals surface area contributed by atoms with Crippen molar-refractivity contribution in [1.82, 2.24) is 10.2 Å². The van der Waals surface area contributed by atoms with Crippen LogP contribution in [0.5, 0.6) is 0 Å². The van der Waals surface area contributed by atoms with Gasteiger partial charge in [0.25, 0.3) is 11.6 Å². The third kappa shape index (κ3) is 5.66. The van der Waals surface area contributed by atoms with Crippen molar-refractivity contribution >= 4 is 17.3 Å². The summed E-state index contributed by atoms with van der Waals surface area (Å²) >= 11 is 0. The van der Waals surface area contributed by atoms with Gasteiger partial charge in [0.05, 0.1) is 4.92 Å². The number of hydrogen-bond acceptors (Lipinski definition) is 5. The average molecular weight is 374 g/mol. The van der Waals surface area contributed by atoms with E-state index in [1.165, 1.54) is 12.5 Å². The van der Waals surface area contributed by atoms with E-state index in [1.54, 1.807) is 12.1 Å². The van der Waals surface area contributed by atoms with Crippen molar-refractivity contribution in [3.63, 3.8) is 0 Å². The molecular weight excluding hydrogens is 344 g/mol. The van der Waals surface area contributed by atoms with Crippen molar-refractivity contribution in [2.45, 2.75) is 45.6 Å². The third-order valence-corrected chi connectivity index (χ3v) is 5.27. The summed E-state index contributed by atoms with van der Waals surface area (Å²) in [5.41, 5.74) is 0.793. The highest BCUT2D eigenvalue weighted by atomic mass is 16.6. The number of hydrogen-bond donors (Lipinski definition) is 2. The molecule has 1 heterocycles. The fourth-order valence-electron chi connectivity index (χ4n) is 3.97. The predicted octanol–water partition coefficient (Wildman–Crippen LogP) is 3.27. The summed E-state index contributed by atoms with van der Waals surface area (Å²) in [5.74, 6) is 1.20. The molecule has 0 aromatic heterocycles. The molecule has 1 aliphatic heterocycles. The first kappa shape index (κ1) is 19.6. The van der Waals surface area contributed by atoms with Gasteiger partial charge in [-0.3, -0.25) is 14.9 Å². The molecule has 3 rings (SSSR count). The standard InChI is InChI=1S/C20H30N4O3/c1-14-10-15(2)13-23(12-14)9-3-8-21-20(25)16-4-7-18(22-17-5-6-17)19(11-16)24(26)27/h4,7,11,14-15,17,22H,3,5-6,8-10,12-13H2,1-2H3,(H,21,25)/t14-,15-/m0/s1. The molecule has 0 bridgehead atoms. The first-order chi connectivity index (χ1) is 12.9. The summed E-state index contributed by atoms with van der Waals surface area (Å²) in [7, 11) is 0. The highest BCUT2D eigenvalue weighted by Gasteiger charge is 2.25. The smallest absolute Gasteiger partial charge is 0.293 e. The minimum absolute atomic E-state index is 0.0363. The van der Waals surface area contributed by atoms with Crippen LogP contribution in [0.4, 0.5) is 11.4 Å². The summed E-state index contributed by atoms with van der Waals surface area (Å²) in [6.45, 7) is 8.38. The molecular formula is C20H30N4O3. The molecule has 1 saturated heterocycles. The zero-order valence-electron chi connectivity index (χ0n) is 16.2. The first-order valence-electron chi connectivity index (χ1n) is 9.98. The molecule has 1 aromatic rings. The third-order valence-electron chi connectivity index (χ3n) is 5.27. The minimum atomic E-state index is -0.430. The van der Waals surface area contributed by atoms with E-state index in [2.05, 4.69) is 29.4 Å². The van der Waals surface area contributed by atoms with Crippen LogP contribution in [0.3, 0.4) is 0 Å². The van der Waals surface area contributed by atoms with Crippen molar-refractivity contribution in [3.05, 3.63) is 33.9 Å². The number of carbonyl (C=O) groups excluding carboxylic acids is 1. The second-order valence-electron chi connectivity index (χ2n) is 8.22. The first-order valence-corrected chi connectivity index (χ1v) is 9.98. The van der Waals surface area contributed by atoms with Crippen molar-refractivity contribution in [2.24, 2.45) is 11.8 Å². The predicted molar refractivity (Wildman–Crippen MR) is 106 cm³/mol. The maximum absolute atomic E-state index is 12.4. The molecule has 0 unspecified atom stereocenters. The van der Waals surface area contributed by atoms with Crippen LogP contribution >= 0.6 is 0 Å². The molecule has 7 nitrogen and oxygen atoms in total. The van der Waals surface area contributed by atoms with E-state index in [1.807, 2.05) is 0 Å². The van der Waals surface area contributed by atoms with Gasteiger partial charge in [0, 0.05) is 37.3 Å². The van der Waals surface area contributed by atoms with Crippen molar-refractivity contribution in [1.29, 1.82) is 0 Å². The Kier molecular flexibility index (Phi) is 6.31. The van der Waals surface area contributed by atoms with Crippen LogP contribution in [0, 0.1) is 22.0 Å². The number of nitro benzene ring substituents is 1. The van der Waals surface area contributed by atoms with E-state index in [4.69, 9.17) is 0 Å². The number of amides is 1. The van der Waals surface area contributed by atoms with Crippen LogP contribution in [-0.4, -0.2) is 48.0 Å². The van der Waals surface area contributed by atoms with Gasteiger partial charge >= 0.3 is 0 Å². The Morgan fingerprint density at radius 1 is 1.26 bits per heavy atom. The number of rotatable bonds is 8. The monoisotopic (exact) mass is 374 g/mol. The fourth-order valence-corrected chi connectivity index (χ4v) is 3.97. The van der Waals surface area contributed by atoms with Crippen LogP contribution < -0.4 is 10.6 Å². The van der Waals surface area contributed by atoms with E-state index < -0.39 is 4.92 Å². The Balaban J connectivity index is 1.48. The van der Waals surface area contributed by atoms with E-state index in [0.29, 0.717) is 23.8 Å². The Hall–Kier alpha value is -2.15. The molecule has 27 heavy (non-hydrogen) atoms. The molecule has 1 saturated carbocycles. The second kappa shape index (κ2) is 8.69. The minimum Gasteiger partial charge on any atom is -0.377 e. The van der Waals surface area contributed by atoms with Gasteiger partial charge in [0.1, 0.15) is 5.69 Å². The number of benzene rings is 1. The van der Waals surface area contributed by atoms with E-state index in [9.17, 15) is 14.9 Å². The summed E-state index contributed by atoms with van der Waals surface area (Å²) in [6.07, 6.45) is 4.24. The maximum Gasteiger partial charge on any atom is 0.293 e. The van der Waals surface area contributed by atoms with Gasteiger partial charge < -0.3 is 15.5 Å². The molecule has 2 N–H and O–H groups in total. The Morgan fingerprint density at radius 3 is 2.59 bits per heavy atom. The van der Waals surface area contributed by atoms with Gasteiger partial charge in [-0.2, -0.15) is 0 Å². The van der Waals surface area contributed by atoms with Gasteiger partial charge in [-0.05, 0) is 56.2 Å². The molecule has 1 aromatic carbocycles. The lowest BCUT2D eigenvalue weighted by Crippen LogP contribution is -2.40. The number of nitro groups is 1. The highest BCUT2D eigenvalue weighted by Crippen LogP contribution is 2.31. The normalized spacial score (nSPS) is 23.0. The summed E-state index contributed by atoms with van der Waals surface area (Å²) in [6, 6.07) is 4.99. The molecule has 0 radical (unpaired) electrons. The SMILES string of the molecule is C[C@H]1C[C@H](C)CN(CCCNC(=O)c2ccc(NC3CC3)c([N+](=O)[O-])c2)C1. The molecule has 1 aliphatic carbocycles. The van der Waals surface area contributed by atoms with Crippen LogP contribution in [0.25, 0.3) is 0 Å². The second-order valence-corrected chi connectivity index (χ2v) is 8.22. The van der Waals surface area contributed by atoms with Gasteiger partial charge in [-0.25, -0.2) is 0 Å². The number of anilines is 1. The van der Waals surface area contributed by atoms with Crippen LogP contribution in [0.2, 0.25) is 0 Å². The van der Waals surface area contributed by atoms with Gasteiger partial charge in [-0.1, -0.05) is 13.8 Å². The summed E-state index contributed by atoms with van der Waals surface area (Å²) in [5, 5.41) is 17.4. The van der Waals surface area contributed by atoms with Crippen LogP contribution in [0.1, 0.15) is 49.9 Å². The van der Waals surface area contributed by atoms with E-state index in [0.717, 1.165) is 50.7 Å². The molecule has 2 fully saturated rings. The zero-order chi connectivity index (χ0) is 19.4. The van der Waals surface area contributed by atoms with Gasteiger partial charge in [-0.15, -0.1) is 0 Å². The molecule has 2 atom stereocenters. The number of likely N-dealkylation sites (tertiary alicyclic amines) is 1. The number of carbonyl (C=O) groups is 1. The molecule has 0 spiro atoms. The Morgan fingerprint density at radius 2 is 1.96 bits per heavy atom. The lowest BCUT2D eigenvalue weighted by Gasteiger charge is -2.34. The quantitative estimate of drug-likeness (QED) is 0.414. The Labute approximate surface area is 160 Å². The maximum atomic E-state index is 12.4. The number of nitrogens with one attached hydrogen (secondary N) is 2. The number of piperidine rings is 1. The van der Waals surface area contributed by atoms with Crippen molar-refractivity contribution in [2.75, 3.05) is 31.5 Å². The zero-order valence-corrected chi connectivity index (χ0v) is 16.2. The highest BCUT2D eigenvalue weighted by molar-refractivity contribution is 5.95. The molecule has 2 aliphatic rings. The number of nitrogens with zero attached hydrogens (tertiary/aromatic N) is 2. The molecule has 148 valence electrons. The van der Waals surface area contributed by atoms with E-state index >= 15 is 0 Å². The fraction of sp³-hybridized carbons (Fsp3) is 0.650. The van der Waals surface area contributed by atoms with Crippen molar-refractivity contribution in [3.8, 4) is 0 Å². The molecule has 1 amide bonds. The summed E-state index contributed by atoms with van der Waals surface area (Å²) in [4.78, 5) is 25.7. The Bertz CT molecular complexity index is 680. The lowest BCUT2D eigenvalue weighted by atomic mass is 9.92. The van der Waals surface area contributed by atoms with Gasteiger partial charge in [0.15, 0.2) is 0 Å². The van der Waals surface area contributed by atoms with E-state index in [-0.39, 0.29) is 11.6 Å². The van der Waals surface area contributed by atoms with Gasteiger partial charge in [0.2, 0.25) is 0 Å². The topological polar surface area (TPSA) is 87.5 Å². The largest absolute Gasteiger partial charge is 0.377 e. The summed E-state index contributed by atoms with van der Waals surface area (Å²) < 4.78 is 0.